The third-order valence-electron chi connectivity index (χ3n) is 3.70. The molecular formula is C17H17BrO. The molecule has 19 heavy (non-hydrogen) atoms. The van der Waals surface area contributed by atoms with E-state index < -0.39 is 0 Å². The second-order valence-corrected chi connectivity index (χ2v) is 6.01. The quantitative estimate of drug-likeness (QED) is 0.788. The molecular weight excluding hydrogens is 300 g/mol. The maximum Gasteiger partial charge on any atom is 0.120 e. The molecule has 0 fully saturated rings. The smallest absolute Gasteiger partial charge is 0.120 e. The molecule has 1 aliphatic rings. The topological polar surface area (TPSA) is 9.23 Å². The van der Waals surface area contributed by atoms with Crippen LogP contribution in [0.15, 0.2) is 40.9 Å². The number of halogens is 1. The minimum atomic E-state index is 0.647. The molecule has 0 bridgehead atoms. The van der Waals surface area contributed by atoms with Gasteiger partial charge in [-0.15, -0.1) is 0 Å². The summed E-state index contributed by atoms with van der Waals surface area (Å²) in [5.74, 6) is 0.932. The SMILES string of the molecule is Cc1cc(OCc2ccc3c(c2)CCC3)ccc1Br. The molecule has 0 unspecified atom stereocenters. The van der Waals surface area contributed by atoms with Gasteiger partial charge >= 0.3 is 0 Å². The van der Waals surface area contributed by atoms with E-state index >= 15 is 0 Å². The van der Waals surface area contributed by atoms with Gasteiger partial charge in [-0.2, -0.15) is 0 Å². The summed E-state index contributed by atoms with van der Waals surface area (Å²) in [4.78, 5) is 0. The van der Waals surface area contributed by atoms with Gasteiger partial charge in [-0.25, -0.2) is 0 Å². The molecule has 0 aliphatic heterocycles. The minimum Gasteiger partial charge on any atom is -0.489 e. The van der Waals surface area contributed by atoms with Crippen molar-refractivity contribution in [2.45, 2.75) is 32.8 Å². The molecule has 0 amide bonds. The Morgan fingerprint density at radius 1 is 1.05 bits per heavy atom. The maximum absolute atomic E-state index is 5.87. The average Bonchev–Trinajstić information content (AvgIpc) is 2.87. The van der Waals surface area contributed by atoms with Gasteiger partial charge in [-0.3, -0.25) is 0 Å². The Morgan fingerprint density at radius 2 is 1.89 bits per heavy atom. The van der Waals surface area contributed by atoms with E-state index in [2.05, 4.69) is 47.1 Å². The molecule has 2 aromatic rings. The van der Waals surface area contributed by atoms with E-state index in [1.165, 1.54) is 41.5 Å². The number of aryl methyl sites for hydroxylation is 3. The maximum atomic E-state index is 5.87. The van der Waals surface area contributed by atoms with Gasteiger partial charge < -0.3 is 4.74 Å². The Kier molecular flexibility index (Phi) is 3.61. The number of rotatable bonds is 3. The zero-order valence-electron chi connectivity index (χ0n) is 11.1. The zero-order chi connectivity index (χ0) is 13.2. The molecule has 0 spiro atoms. The van der Waals surface area contributed by atoms with Crippen molar-refractivity contribution in [1.82, 2.24) is 0 Å². The Morgan fingerprint density at radius 3 is 2.74 bits per heavy atom. The van der Waals surface area contributed by atoms with Crippen molar-refractivity contribution in [3.63, 3.8) is 0 Å². The summed E-state index contributed by atoms with van der Waals surface area (Å²) in [6.07, 6.45) is 3.76. The van der Waals surface area contributed by atoms with E-state index in [0.717, 1.165) is 10.2 Å². The van der Waals surface area contributed by atoms with Crippen molar-refractivity contribution >= 4 is 15.9 Å². The van der Waals surface area contributed by atoms with Gasteiger partial charge in [0.2, 0.25) is 0 Å². The number of hydrogen-bond acceptors (Lipinski definition) is 1. The van der Waals surface area contributed by atoms with Crippen LogP contribution in [0.4, 0.5) is 0 Å². The summed E-state index contributed by atoms with van der Waals surface area (Å²) in [5.41, 5.74) is 5.49. The normalized spacial score (nSPS) is 13.4. The lowest BCUT2D eigenvalue weighted by atomic mass is 10.1. The van der Waals surface area contributed by atoms with Gasteiger partial charge in [0.1, 0.15) is 12.4 Å². The lowest BCUT2D eigenvalue weighted by molar-refractivity contribution is 0.306. The van der Waals surface area contributed by atoms with Crippen LogP contribution < -0.4 is 4.74 Å². The molecule has 0 N–H and O–H groups in total. The minimum absolute atomic E-state index is 0.647. The highest BCUT2D eigenvalue weighted by atomic mass is 79.9. The summed E-state index contributed by atoms with van der Waals surface area (Å²) >= 11 is 3.50. The Labute approximate surface area is 122 Å². The molecule has 1 aliphatic carbocycles. The molecule has 0 radical (unpaired) electrons. The molecule has 0 saturated heterocycles. The van der Waals surface area contributed by atoms with Crippen LogP contribution in [0.25, 0.3) is 0 Å². The molecule has 3 rings (SSSR count). The largest absolute Gasteiger partial charge is 0.489 e. The van der Waals surface area contributed by atoms with Gasteiger partial charge in [-0.05, 0) is 66.6 Å². The number of hydrogen-bond donors (Lipinski definition) is 0. The monoisotopic (exact) mass is 316 g/mol. The van der Waals surface area contributed by atoms with E-state index in [4.69, 9.17) is 4.74 Å². The van der Waals surface area contributed by atoms with E-state index in [1.54, 1.807) is 0 Å². The Bertz CT molecular complexity index is 604. The highest BCUT2D eigenvalue weighted by Gasteiger charge is 2.10. The predicted molar refractivity (Wildman–Crippen MR) is 81.7 cm³/mol. The van der Waals surface area contributed by atoms with Gasteiger partial charge in [0, 0.05) is 4.47 Å². The lowest BCUT2D eigenvalue weighted by Gasteiger charge is -2.09. The van der Waals surface area contributed by atoms with Crippen LogP contribution in [-0.2, 0) is 19.4 Å². The molecule has 0 saturated carbocycles. The fourth-order valence-electron chi connectivity index (χ4n) is 2.59. The van der Waals surface area contributed by atoms with Crippen LogP contribution in [0.3, 0.4) is 0 Å². The van der Waals surface area contributed by atoms with E-state index in [9.17, 15) is 0 Å². The highest BCUT2D eigenvalue weighted by molar-refractivity contribution is 9.10. The van der Waals surface area contributed by atoms with E-state index in [0.29, 0.717) is 6.61 Å². The van der Waals surface area contributed by atoms with Crippen LogP contribution in [0.2, 0.25) is 0 Å². The first-order valence-corrected chi connectivity index (χ1v) is 7.51. The van der Waals surface area contributed by atoms with Crippen molar-refractivity contribution in [3.8, 4) is 5.75 Å². The standard InChI is InChI=1S/C17H17BrO/c1-12-9-16(7-8-17(12)18)19-11-13-5-6-14-3-2-4-15(14)10-13/h5-10H,2-4,11H2,1H3. The Hall–Kier alpha value is -1.28. The third kappa shape index (κ3) is 2.84. The number of benzene rings is 2. The van der Waals surface area contributed by atoms with Crippen molar-refractivity contribution in [3.05, 3.63) is 63.1 Å². The lowest BCUT2D eigenvalue weighted by Crippen LogP contribution is -1.97. The first-order valence-electron chi connectivity index (χ1n) is 6.72. The van der Waals surface area contributed by atoms with Crippen LogP contribution in [0.1, 0.15) is 28.7 Å². The van der Waals surface area contributed by atoms with Gasteiger partial charge in [0.25, 0.3) is 0 Å². The fraction of sp³-hybridized carbons (Fsp3) is 0.294. The van der Waals surface area contributed by atoms with Gasteiger partial charge in [-0.1, -0.05) is 34.1 Å². The van der Waals surface area contributed by atoms with Crippen LogP contribution >= 0.6 is 15.9 Å². The zero-order valence-corrected chi connectivity index (χ0v) is 12.7. The summed E-state index contributed by atoms with van der Waals surface area (Å²) < 4.78 is 6.99. The predicted octanol–water partition coefficient (Wildman–Crippen LogP) is 4.83. The third-order valence-corrected chi connectivity index (χ3v) is 4.59. The van der Waals surface area contributed by atoms with Gasteiger partial charge in [0.05, 0.1) is 0 Å². The number of ether oxygens (including phenoxy) is 1. The van der Waals surface area contributed by atoms with Crippen molar-refractivity contribution < 1.29 is 4.74 Å². The van der Waals surface area contributed by atoms with Gasteiger partial charge in [0.15, 0.2) is 0 Å². The fourth-order valence-corrected chi connectivity index (χ4v) is 2.84. The summed E-state index contributed by atoms with van der Waals surface area (Å²) in [5, 5.41) is 0. The van der Waals surface area contributed by atoms with Crippen LogP contribution in [-0.4, -0.2) is 0 Å². The van der Waals surface area contributed by atoms with Crippen molar-refractivity contribution in [2.24, 2.45) is 0 Å². The average molecular weight is 317 g/mol. The van der Waals surface area contributed by atoms with Crippen molar-refractivity contribution in [2.75, 3.05) is 0 Å². The molecule has 2 aromatic carbocycles. The second-order valence-electron chi connectivity index (χ2n) is 5.16. The second kappa shape index (κ2) is 5.38. The number of fused-ring (bicyclic) bond motifs is 1. The summed E-state index contributed by atoms with van der Waals surface area (Å²) in [6, 6.07) is 12.9. The molecule has 0 heterocycles. The van der Waals surface area contributed by atoms with E-state index in [-0.39, 0.29) is 0 Å². The van der Waals surface area contributed by atoms with E-state index in [1.807, 2.05) is 12.1 Å². The van der Waals surface area contributed by atoms with Crippen LogP contribution in [0, 0.1) is 6.92 Å². The molecule has 98 valence electrons. The molecule has 1 nitrogen and oxygen atoms in total. The molecule has 0 atom stereocenters. The first-order chi connectivity index (χ1) is 9.22. The van der Waals surface area contributed by atoms with Crippen LogP contribution in [0.5, 0.6) is 5.75 Å². The molecule has 2 heteroatoms. The van der Waals surface area contributed by atoms with Crippen molar-refractivity contribution in [1.29, 1.82) is 0 Å². The summed E-state index contributed by atoms with van der Waals surface area (Å²) in [6.45, 7) is 2.72. The highest BCUT2D eigenvalue weighted by Crippen LogP contribution is 2.25. The summed E-state index contributed by atoms with van der Waals surface area (Å²) in [7, 11) is 0. The first kappa shape index (κ1) is 12.7. The Balaban J connectivity index is 1.70. The molecule has 0 aromatic heterocycles.